The van der Waals surface area contributed by atoms with Crippen molar-refractivity contribution in [3.05, 3.63) is 35.4 Å². The molecule has 0 aliphatic heterocycles. The summed E-state index contributed by atoms with van der Waals surface area (Å²) in [5.74, 6) is 0.0787. The van der Waals surface area contributed by atoms with Gasteiger partial charge in [-0.15, -0.1) is 0 Å². The predicted octanol–water partition coefficient (Wildman–Crippen LogP) is 1.75. The molecule has 0 radical (unpaired) electrons. The van der Waals surface area contributed by atoms with E-state index in [1.54, 1.807) is 28.8 Å². The van der Waals surface area contributed by atoms with Crippen molar-refractivity contribution in [2.24, 2.45) is 0 Å². The topological polar surface area (TPSA) is 43.9 Å². The van der Waals surface area contributed by atoms with Crippen LogP contribution in [0.1, 0.15) is 25.0 Å². The van der Waals surface area contributed by atoms with Crippen LogP contribution in [0.5, 0.6) is 0 Å². The fraction of sp³-hybridized carbons (Fsp3) is 0.556. The number of rotatable bonds is 8. The highest BCUT2D eigenvalue weighted by Gasteiger charge is 2.17. The number of likely N-dealkylation sites (N-methyl/N-ethyl adjacent to an activating group) is 3. The summed E-state index contributed by atoms with van der Waals surface area (Å²) in [4.78, 5) is 29.6. The van der Waals surface area contributed by atoms with Crippen LogP contribution in [0.15, 0.2) is 24.3 Å². The molecule has 1 aromatic carbocycles. The first-order valence-corrected chi connectivity index (χ1v) is 8.13. The van der Waals surface area contributed by atoms with Crippen molar-refractivity contribution >= 4 is 11.8 Å². The van der Waals surface area contributed by atoms with Gasteiger partial charge in [0.1, 0.15) is 0 Å². The van der Waals surface area contributed by atoms with Crippen molar-refractivity contribution in [3.63, 3.8) is 0 Å². The third kappa shape index (κ3) is 6.02. The Labute approximate surface area is 139 Å². The molecule has 23 heavy (non-hydrogen) atoms. The van der Waals surface area contributed by atoms with Crippen LogP contribution in [0.4, 0.5) is 0 Å². The van der Waals surface area contributed by atoms with Gasteiger partial charge in [0, 0.05) is 26.7 Å². The van der Waals surface area contributed by atoms with Crippen molar-refractivity contribution in [2.45, 2.75) is 27.3 Å². The molecule has 0 saturated carbocycles. The van der Waals surface area contributed by atoms with Crippen molar-refractivity contribution < 1.29 is 9.59 Å². The minimum absolute atomic E-state index is 0.0168. The number of carbonyl (C=O) groups is 2. The van der Waals surface area contributed by atoms with Gasteiger partial charge in [0.15, 0.2) is 0 Å². The minimum atomic E-state index is 0.0168. The molecule has 1 aromatic rings. The maximum atomic E-state index is 12.3. The number of nitrogens with zero attached hydrogens (tertiary/aromatic N) is 3. The zero-order valence-electron chi connectivity index (χ0n) is 15.0. The SMILES string of the molecule is CCN(CC)C(=O)CN(C)CC(=O)N(C)Cc1ccccc1C. The second kappa shape index (κ2) is 9.30. The van der Waals surface area contributed by atoms with Gasteiger partial charge in [0.25, 0.3) is 0 Å². The Kier molecular flexibility index (Phi) is 7.75. The van der Waals surface area contributed by atoms with Crippen LogP contribution in [0.3, 0.4) is 0 Å². The molecule has 0 bridgehead atoms. The van der Waals surface area contributed by atoms with E-state index in [0.717, 1.165) is 5.56 Å². The van der Waals surface area contributed by atoms with E-state index in [1.807, 2.05) is 45.0 Å². The molecule has 128 valence electrons. The van der Waals surface area contributed by atoms with E-state index >= 15 is 0 Å². The number of hydrogen-bond acceptors (Lipinski definition) is 3. The molecule has 0 aromatic heterocycles. The lowest BCUT2D eigenvalue weighted by Gasteiger charge is -2.25. The Morgan fingerprint density at radius 3 is 2.09 bits per heavy atom. The van der Waals surface area contributed by atoms with Gasteiger partial charge in [-0.2, -0.15) is 0 Å². The van der Waals surface area contributed by atoms with Crippen molar-refractivity contribution in [2.75, 3.05) is 40.3 Å². The molecule has 5 heteroatoms. The summed E-state index contributed by atoms with van der Waals surface area (Å²) in [6.45, 7) is 8.46. The number of benzene rings is 1. The largest absolute Gasteiger partial charge is 0.342 e. The maximum absolute atomic E-state index is 12.3. The fourth-order valence-corrected chi connectivity index (χ4v) is 2.45. The van der Waals surface area contributed by atoms with Crippen LogP contribution < -0.4 is 0 Å². The summed E-state index contributed by atoms with van der Waals surface area (Å²) >= 11 is 0. The number of aryl methyl sites for hydroxylation is 1. The molecule has 0 N–H and O–H groups in total. The van der Waals surface area contributed by atoms with E-state index in [4.69, 9.17) is 0 Å². The number of amides is 2. The zero-order chi connectivity index (χ0) is 17.4. The maximum Gasteiger partial charge on any atom is 0.236 e. The smallest absolute Gasteiger partial charge is 0.236 e. The second-order valence-corrected chi connectivity index (χ2v) is 5.91. The zero-order valence-corrected chi connectivity index (χ0v) is 15.0. The van der Waals surface area contributed by atoms with Crippen molar-refractivity contribution in [1.29, 1.82) is 0 Å². The van der Waals surface area contributed by atoms with Gasteiger partial charge < -0.3 is 9.80 Å². The van der Waals surface area contributed by atoms with E-state index in [-0.39, 0.29) is 24.9 Å². The highest BCUT2D eigenvalue weighted by atomic mass is 16.2. The first kappa shape index (κ1) is 19.2. The number of carbonyl (C=O) groups excluding carboxylic acids is 2. The van der Waals surface area contributed by atoms with E-state index < -0.39 is 0 Å². The van der Waals surface area contributed by atoms with E-state index in [1.165, 1.54) is 5.56 Å². The molecule has 0 heterocycles. The summed E-state index contributed by atoms with van der Waals surface area (Å²) in [6.07, 6.45) is 0. The molecule has 0 aliphatic carbocycles. The lowest BCUT2D eigenvalue weighted by atomic mass is 10.1. The van der Waals surface area contributed by atoms with Crippen LogP contribution in [0, 0.1) is 6.92 Å². The standard InChI is InChI=1S/C18H29N3O2/c1-6-21(7-2)18(23)14-19(4)13-17(22)20(5)12-16-11-9-8-10-15(16)3/h8-11H,6-7,12-14H2,1-5H3. The first-order chi connectivity index (χ1) is 10.9. The molecule has 0 fully saturated rings. The van der Waals surface area contributed by atoms with Crippen LogP contribution in [-0.4, -0.2) is 66.8 Å². The Morgan fingerprint density at radius 2 is 1.52 bits per heavy atom. The van der Waals surface area contributed by atoms with Gasteiger partial charge in [-0.1, -0.05) is 24.3 Å². The van der Waals surface area contributed by atoms with Gasteiger partial charge in [-0.25, -0.2) is 0 Å². The first-order valence-electron chi connectivity index (χ1n) is 8.13. The van der Waals surface area contributed by atoms with Gasteiger partial charge in [0.2, 0.25) is 11.8 Å². The van der Waals surface area contributed by atoms with Crippen LogP contribution in [0.25, 0.3) is 0 Å². The Bertz CT molecular complexity index is 527. The van der Waals surface area contributed by atoms with Gasteiger partial charge in [-0.3, -0.25) is 14.5 Å². The average molecular weight is 319 g/mol. The lowest BCUT2D eigenvalue weighted by Crippen LogP contribution is -2.42. The molecule has 1 rings (SSSR count). The summed E-state index contributed by atoms with van der Waals surface area (Å²) in [5.41, 5.74) is 2.32. The molecular formula is C18H29N3O2. The van der Waals surface area contributed by atoms with Gasteiger partial charge >= 0.3 is 0 Å². The molecule has 0 saturated heterocycles. The molecule has 0 atom stereocenters. The minimum Gasteiger partial charge on any atom is -0.342 e. The quantitative estimate of drug-likeness (QED) is 0.733. The Hall–Kier alpha value is -1.88. The lowest BCUT2D eigenvalue weighted by molar-refractivity contribution is -0.134. The highest BCUT2D eigenvalue weighted by molar-refractivity contribution is 5.81. The van der Waals surface area contributed by atoms with Gasteiger partial charge in [-0.05, 0) is 38.9 Å². The van der Waals surface area contributed by atoms with E-state index in [9.17, 15) is 9.59 Å². The second-order valence-electron chi connectivity index (χ2n) is 5.91. The molecular weight excluding hydrogens is 290 g/mol. The fourth-order valence-electron chi connectivity index (χ4n) is 2.45. The molecule has 5 nitrogen and oxygen atoms in total. The molecule has 0 spiro atoms. The average Bonchev–Trinajstić information content (AvgIpc) is 2.50. The van der Waals surface area contributed by atoms with Crippen LogP contribution in [-0.2, 0) is 16.1 Å². The monoisotopic (exact) mass is 319 g/mol. The van der Waals surface area contributed by atoms with Crippen molar-refractivity contribution in [3.8, 4) is 0 Å². The Morgan fingerprint density at radius 1 is 0.957 bits per heavy atom. The van der Waals surface area contributed by atoms with E-state index in [0.29, 0.717) is 19.6 Å². The third-order valence-electron chi connectivity index (χ3n) is 4.02. The van der Waals surface area contributed by atoms with Gasteiger partial charge in [0.05, 0.1) is 13.1 Å². The molecule has 0 aliphatic rings. The number of hydrogen-bond donors (Lipinski definition) is 0. The van der Waals surface area contributed by atoms with Crippen LogP contribution >= 0.6 is 0 Å². The summed E-state index contributed by atoms with van der Waals surface area (Å²) in [5, 5.41) is 0. The summed E-state index contributed by atoms with van der Waals surface area (Å²) in [7, 11) is 3.61. The van der Waals surface area contributed by atoms with Crippen LogP contribution in [0.2, 0.25) is 0 Å². The van der Waals surface area contributed by atoms with Crippen molar-refractivity contribution in [1.82, 2.24) is 14.7 Å². The normalized spacial score (nSPS) is 10.7. The van der Waals surface area contributed by atoms with E-state index in [2.05, 4.69) is 0 Å². The summed E-state index contributed by atoms with van der Waals surface area (Å²) < 4.78 is 0. The highest BCUT2D eigenvalue weighted by Crippen LogP contribution is 2.09. The third-order valence-corrected chi connectivity index (χ3v) is 4.02. The molecule has 2 amide bonds. The predicted molar refractivity (Wildman–Crippen MR) is 93.1 cm³/mol. The Balaban J connectivity index is 2.51. The summed E-state index contributed by atoms with van der Waals surface area (Å²) in [6, 6.07) is 8.05. The molecule has 0 unspecified atom stereocenters.